The number of ether oxygens (including phenoxy) is 2. The van der Waals surface area contributed by atoms with Gasteiger partial charge >= 0.3 is 6.09 Å². The maximum absolute atomic E-state index is 12.1. The molecule has 3 amide bonds. The molecule has 0 fully saturated rings. The van der Waals surface area contributed by atoms with Crippen LogP contribution in [0.25, 0.3) is 0 Å². The average molecular weight is 518 g/mol. The normalized spacial score (nSPS) is 13.3. The van der Waals surface area contributed by atoms with Gasteiger partial charge in [0.05, 0.1) is 22.3 Å². The number of nitrogens with zero attached hydrogens (tertiary/aromatic N) is 3. The number of anilines is 2. The molecule has 1 heterocycles. The number of imide groups is 1. The minimum Gasteiger partial charge on any atom is -0.454 e. The van der Waals surface area contributed by atoms with E-state index in [4.69, 9.17) is 33.2 Å². The van der Waals surface area contributed by atoms with Crippen molar-refractivity contribution in [1.82, 2.24) is 5.32 Å². The number of hydrazone groups is 1. The number of halogens is 2. The molecule has 1 aliphatic rings. The van der Waals surface area contributed by atoms with Crippen molar-refractivity contribution in [3.05, 3.63) is 45.9 Å². The molecule has 0 aliphatic carbocycles. The van der Waals surface area contributed by atoms with Crippen molar-refractivity contribution in [2.75, 3.05) is 24.0 Å². The highest BCUT2D eigenvalue weighted by atomic mass is 35.5. The fourth-order valence-electron chi connectivity index (χ4n) is 3.29. The first-order valence-electron chi connectivity index (χ1n) is 10.5. The highest BCUT2D eigenvalue weighted by Gasteiger charge is 2.20. The van der Waals surface area contributed by atoms with Gasteiger partial charge in [0.25, 0.3) is 5.91 Å². The molecule has 0 saturated carbocycles. The Kier molecular flexibility index (Phi) is 8.52. The van der Waals surface area contributed by atoms with Crippen LogP contribution in [0.4, 0.5) is 16.2 Å². The Hall–Kier alpha value is -3.81. The van der Waals surface area contributed by atoms with Crippen molar-refractivity contribution in [3.8, 4) is 17.6 Å². The molecule has 10 nitrogen and oxygen atoms in total. The van der Waals surface area contributed by atoms with Crippen LogP contribution in [0.1, 0.15) is 25.3 Å². The molecule has 2 aromatic carbocycles. The van der Waals surface area contributed by atoms with Crippen LogP contribution < -0.4 is 20.4 Å². The SMILES string of the molecule is CCOC(=O)NC(=O)C(C#N)=NNc1cc(Cl)c(Oc2ccc3c(c2)CCCC(=O)N3C)c(Cl)c1. The Morgan fingerprint density at radius 3 is 2.57 bits per heavy atom. The van der Waals surface area contributed by atoms with E-state index in [0.717, 1.165) is 24.1 Å². The molecule has 0 radical (unpaired) electrons. The molecule has 0 aromatic heterocycles. The Morgan fingerprint density at radius 2 is 1.91 bits per heavy atom. The van der Waals surface area contributed by atoms with Crippen LogP contribution in [0.2, 0.25) is 10.0 Å². The molecule has 0 bridgehead atoms. The summed E-state index contributed by atoms with van der Waals surface area (Å²) in [6.07, 6.45) is 0.957. The van der Waals surface area contributed by atoms with Crippen LogP contribution in [0.5, 0.6) is 11.5 Å². The second kappa shape index (κ2) is 11.6. The van der Waals surface area contributed by atoms with E-state index in [1.807, 2.05) is 17.4 Å². The van der Waals surface area contributed by atoms with Gasteiger partial charge in [-0.25, -0.2) is 4.79 Å². The number of nitriles is 1. The maximum Gasteiger partial charge on any atom is 0.414 e. The molecule has 0 spiro atoms. The Morgan fingerprint density at radius 1 is 1.20 bits per heavy atom. The monoisotopic (exact) mass is 517 g/mol. The van der Waals surface area contributed by atoms with Crippen LogP contribution in [-0.2, 0) is 20.7 Å². The summed E-state index contributed by atoms with van der Waals surface area (Å²) in [6, 6.07) is 9.84. The van der Waals surface area contributed by atoms with Crippen molar-refractivity contribution in [3.63, 3.8) is 0 Å². The largest absolute Gasteiger partial charge is 0.454 e. The standard InChI is InChI=1S/C23H21Cl2N5O5/c1-3-34-23(33)27-22(32)18(12-26)29-28-14-10-16(24)21(17(25)11-14)35-15-7-8-19-13(9-15)5-4-6-20(31)30(19)2/h7-11,28H,3-6H2,1-2H3,(H,27,32,33). The third kappa shape index (κ3) is 6.41. The van der Waals surface area contributed by atoms with Crippen molar-refractivity contribution >= 4 is 58.2 Å². The topological polar surface area (TPSA) is 133 Å². The minimum absolute atomic E-state index is 0.0595. The van der Waals surface area contributed by atoms with Crippen molar-refractivity contribution < 1.29 is 23.9 Å². The van der Waals surface area contributed by atoms with Crippen LogP contribution in [-0.4, -0.2) is 37.3 Å². The number of alkyl carbamates (subject to hydrolysis) is 1. The average Bonchev–Trinajstić information content (AvgIpc) is 2.94. The van der Waals surface area contributed by atoms with E-state index in [0.29, 0.717) is 12.2 Å². The van der Waals surface area contributed by atoms with Gasteiger partial charge in [0, 0.05) is 19.2 Å². The van der Waals surface area contributed by atoms with Crippen LogP contribution in [0, 0.1) is 11.3 Å². The molecule has 12 heteroatoms. The van der Waals surface area contributed by atoms with Crippen molar-refractivity contribution in [2.24, 2.45) is 5.10 Å². The van der Waals surface area contributed by atoms with Crippen LogP contribution >= 0.6 is 23.2 Å². The first kappa shape index (κ1) is 25.8. The fourth-order valence-corrected chi connectivity index (χ4v) is 3.86. The lowest BCUT2D eigenvalue weighted by atomic mass is 10.1. The van der Waals surface area contributed by atoms with Gasteiger partial charge < -0.3 is 14.4 Å². The quantitative estimate of drug-likeness (QED) is 0.420. The smallest absolute Gasteiger partial charge is 0.414 e. The van der Waals surface area contributed by atoms with E-state index in [2.05, 4.69) is 15.3 Å². The maximum atomic E-state index is 12.1. The van der Waals surface area contributed by atoms with Gasteiger partial charge in [0.1, 0.15) is 11.8 Å². The number of amides is 3. The number of rotatable bonds is 6. The summed E-state index contributed by atoms with van der Waals surface area (Å²) < 4.78 is 10.5. The summed E-state index contributed by atoms with van der Waals surface area (Å²) in [5, 5.41) is 15.0. The zero-order valence-corrected chi connectivity index (χ0v) is 20.4. The fraction of sp³-hybridized carbons (Fsp3) is 0.261. The van der Waals surface area contributed by atoms with Gasteiger partial charge in [0.15, 0.2) is 5.75 Å². The van der Waals surface area contributed by atoms with E-state index in [1.165, 1.54) is 12.1 Å². The van der Waals surface area contributed by atoms with Crippen LogP contribution in [0.3, 0.4) is 0 Å². The Bertz CT molecular complexity index is 1220. The van der Waals surface area contributed by atoms with Gasteiger partial charge in [-0.2, -0.15) is 10.4 Å². The molecule has 2 aromatic rings. The molecule has 35 heavy (non-hydrogen) atoms. The summed E-state index contributed by atoms with van der Waals surface area (Å²) >= 11 is 12.7. The Balaban J connectivity index is 1.76. The predicted octanol–water partition coefficient (Wildman–Crippen LogP) is 4.65. The van der Waals surface area contributed by atoms with Gasteiger partial charge in [-0.1, -0.05) is 23.2 Å². The molecule has 2 N–H and O–H groups in total. The number of nitrogens with one attached hydrogen (secondary N) is 2. The molecule has 3 rings (SSSR count). The molecular formula is C23H21Cl2N5O5. The second-order valence-electron chi connectivity index (χ2n) is 7.33. The van der Waals surface area contributed by atoms with E-state index in [-0.39, 0.29) is 34.0 Å². The number of carbonyl (C=O) groups is 3. The third-order valence-corrected chi connectivity index (χ3v) is 5.51. The van der Waals surface area contributed by atoms with Gasteiger partial charge in [-0.05, 0) is 55.7 Å². The third-order valence-electron chi connectivity index (χ3n) is 4.95. The zero-order chi connectivity index (χ0) is 25.5. The summed E-state index contributed by atoms with van der Waals surface area (Å²) in [5.41, 5.74) is 3.96. The number of benzene rings is 2. The summed E-state index contributed by atoms with van der Waals surface area (Å²) in [5.74, 6) is -0.281. The summed E-state index contributed by atoms with van der Waals surface area (Å²) in [6.45, 7) is 1.63. The second-order valence-corrected chi connectivity index (χ2v) is 8.14. The van der Waals surface area contributed by atoms with E-state index in [1.54, 1.807) is 31.0 Å². The lowest BCUT2D eigenvalue weighted by Gasteiger charge is -2.18. The molecular weight excluding hydrogens is 497 g/mol. The molecule has 0 saturated heterocycles. The number of fused-ring (bicyclic) bond motifs is 1. The van der Waals surface area contributed by atoms with Crippen molar-refractivity contribution in [1.29, 1.82) is 5.26 Å². The van der Waals surface area contributed by atoms with Crippen LogP contribution in [0.15, 0.2) is 35.4 Å². The van der Waals surface area contributed by atoms with Crippen molar-refractivity contribution in [2.45, 2.75) is 26.2 Å². The van der Waals surface area contributed by atoms with Gasteiger partial charge in [0.2, 0.25) is 11.6 Å². The molecule has 0 unspecified atom stereocenters. The number of hydrogen-bond acceptors (Lipinski definition) is 8. The summed E-state index contributed by atoms with van der Waals surface area (Å²) in [7, 11) is 1.74. The molecule has 0 atom stereocenters. The number of hydrogen-bond donors (Lipinski definition) is 2. The lowest BCUT2D eigenvalue weighted by Crippen LogP contribution is -2.36. The zero-order valence-electron chi connectivity index (χ0n) is 18.9. The number of aryl methyl sites for hydroxylation is 1. The lowest BCUT2D eigenvalue weighted by molar-refractivity contribution is -0.118. The first-order valence-corrected chi connectivity index (χ1v) is 11.3. The highest BCUT2D eigenvalue weighted by Crippen LogP contribution is 2.40. The molecule has 1 aliphatic heterocycles. The Labute approximate surface area is 211 Å². The highest BCUT2D eigenvalue weighted by molar-refractivity contribution is 6.47. The predicted molar refractivity (Wildman–Crippen MR) is 131 cm³/mol. The first-order chi connectivity index (χ1) is 16.7. The van der Waals surface area contributed by atoms with E-state index in [9.17, 15) is 14.4 Å². The minimum atomic E-state index is -1.04. The van der Waals surface area contributed by atoms with E-state index < -0.39 is 17.7 Å². The van der Waals surface area contributed by atoms with E-state index >= 15 is 0 Å². The number of carbonyl (C=O) groups excluding carboxylic acids is 3. The van der Waals surface area contributed by atoms with Gasteiger partial charge in [-0.3, -0.25) is 20.3 Å². The summed E-state index contributed by atoms with van der Waals surface area (Å²) in [4.78, 5) is 37.0. The van der Waals surface area contributed by atoms with Gasteiger partial charge in [-0.15, -0.1) is 0 Å². The molecule has 182 valence electrons.